The second-order valence-corrected chi connectivity index (χ2v) is 6.41. The number of rotatable bonds is 3. The third kappa shape index (κ3) is 2.87. The van der Waals surface area contributed by atoms with E-state index in [1.165, 1.54) is 11.3 Å². The smallest absolute Gasteiger partial charge is 0.0746 e. The highest BCUT2D eigenvalue weighted by Crippen LogP contribution is 2.39. The maximum Gasteiger partial charge on any atom is 0.0746 e. The molecule has 0 radical (unpaired) electrons. The van der Waals surface area contributed by atoms with Crippen LogP contribution in [-0.2, 0) is 16.0 Å². The van der Waals surface area contributed by atoms with Crippen LogP contribution in [0.1, 0.15) is 48.7 Å². The molecule has 1 atom stereocenters. The number of nitrogens with zero attached hydrogens (tertiary/aromatic N) is 2. The molecule has 0 amide bonds. The largest absolute Gasteiger partial charge is 0.381 e. The van der Waals surface area contributed by atoms with Crippen LogP contribution in [0.5, 0.6) is 0 Å². The molecule has 1 aromatic heterocycles. The lowest BCUT2D eigenvalue weighted by Crippen LogP contribution is -2.45. The molecule has 3 rings (SSSR count). The molecule has 2 saturated heterocycles. The van der Waals surface area contributed by atoms with Gasteiger partial charge in [-0.15, -0.1) is 0 Å². The molecule has 3 heterocycles. The van der Waals surface area contributed by atoms with E-state index < -0.39 is 0 Å². The van der Waals surface area contributed by atoms with Crippen LogP contribution < -0.4 is 5.32 Å². The minimum Gasteiger partial charge on any atom is -0.381 e. The standard InChI is InChI=1S/C16H27N3O2/c1-12-15(11-17-3)13(2)19(18-12)14-4-7-21-16(10-14)5-8-20-9-6-16/h14,17H,4-11H2,1-3H3. The van der Waals surface area contributed by atoms with Gasteiger partial charge in [-0.2, -0.15) is 5.10 Å². The minimum atomic E-state index is 0.0244. The molecule has 5 nitrogen and oxygen atoms in total. The van der Waals surface area contributed by atoms with Crippen LogP contribution in [0, 0.1) is 13.8 Å². The Morgan fingerprint density at radius 2 is 2.05 bits per heavy atom. The summed E-state index contributed by atoms with van der Waals surface area (Å²) in [6.45, 7) is 7.69. The van der Waals surface area contributed by atoms with Gasteiger partial charge in [0, 0.05) is 37.6 Å². The molecule has 1 unspecified atom stereocenters. The summed E-state index contributed by atoms with van der Waals surface area (Å²) in [5.74, 6) is 0. The summed E-state index contributed by atoms with van der Waals surface area (Å²) in [4.78, 5) is 0. The Morgan fingerprint density at radius 3 is 2.76 bits per heavy atom. The number of aryl methyl sites for hydroxylation is 1. The topological polar surface area (TPSA) is 48.3 Å². The second kappa shape index (κ2) is 6.07. The van der Waals surface area contributed by atoms with Crippen molar-refractivity contribution in [2.24, 2.45) is 0 Å². The SMILES string of the molecule is CNCc1c(C)nn(C2CCOC3(CCOCC3)C2)c1C. The average molecular weight is 293 g/mol. The third-order valence-electron chi connectivity index (χ3n) is 5.05. The van der Waals surface area contributed by atoms with Crippen LogP contribution in [-0.4, -0.2) is 42.2 Å². The highest BCUT2D eigenvalue weighted by molar-refractivity contribution is 5.25. The van der Waals surface area contributed by atoms with Crippen molar-refractivity contribution in [2.75, 3.05) is 26.9 Å². The first-order valence-corrected chi connectivity index (χ1v) is 8.06. The zero-order chi connectivity index (χ0) is 14.9. The number of aromatic nitrogens is 2. The highest BCUT2D eigenvalue weighted by atomic mass is 16.5. The van der Waals surface area contributed by atoms with Crippen LogP contribution >= 0.6 is 0 Å². The van der Waals surface area contributed by atoms with E-state index in [4.69, 9.17) is 14.6 Å². The van der Waals surface area contributed by atoms with Crippen LogP contribution in [0.3, 0.4) is 0 Å². The lowest BCUT2D eigenvalue weighted by atomic mass is 9.84. The van der Waals surface area contributed by atoms with Crippen molar-refractivity contribution in [1.82, 2.24) is 15.1 Å². The van der Waals surface area contributed by atoms with Crippen LogP contribution in [0.4, 0.5) is 0 Å². The molecule has 2 fully saturated rings. The van der Waals surface area contributed by atoms with Crippen molar-refractivity contribution >= 4 is 0 Å². The highest BCUT2D eigenvalue weighted by Gasteiger charge is 2.40. The monoisotopic (exact) mass is 293 g/mol. The van der Waals surface area contributed by atoms with Gasteiger partial charge in [0.25, 0.3) is 0 Å². The fourth-order valence-electron chi connectivity index (χ4n) is 3.79. The van der Waals surface area contributed by atoms with Gasteiger partial charge < -0.3 is 14.8 Å². The van der Waals surface area contributed by atoms with Crippen molar-refractivity contribution in [3.63, 3.8) is 0 Å². The van der Waals surface area contributed by atoms with E-state index in [9.17, 15) is 0 Å². The van der Waals surface area contributed by atoms with Gasteiger partial charge in [0.15, 0.2) is 0 Å². The molecule has 0 saturated carbocycles. The van der Waals surface area contributed by atoms with E-state index in [2.05, 4.69) is 23.8 Å². The zero-order valence-electron chi connectivity index (χ0n) is 13.4. The summed E-state index contributed by atoms with van der Waals surface area (Å²) in [5.41, 5.74) is 3.81. The Balaban J connectivity index is 1.81. The van der Waals surface area contributed by atoms with Gasteiger partial charge in [-0.05, 0) is 46.6 Å². The molecule has 1 aromatic rings. The summed E-state index contributed by atoms with van der Waals surface area (Å²) >= 11 is 0. The average Bonchev–Trinajstić information content (AvgIpc) is 2.77. The lowest BCUT2D eigenvalue weighted by molar-refractivity contribution is -0.145. The molecule has 1 N–H and O–H groups in total. The molecule has 1 spiro atoms. The predicted octanol–water partition coefficient (Wildman–Crippen LogP) is 2.12. The van der Waals surface area contributed by atoms with Crippen LogP contribution in [0.2, 0.25) is 0 Å². The fraction of sp³-hybridized carbons (Fsp3) is 0.812. The van der Waals surface area contributed by atoms with Crippen molar-refractivity contribution < 1.29 is 9.47 Å². The molecule has 2 aliphatic rings. The van der Waals surface area contributed by atoms with E-state index in [0.29, 0.717) is 6.04 Å². The number of nitrogens with one attached hydrogen (secondary N) is 1. The van der Waals surface area contributed by atoms with Gasteiger partial charge in [-0.25, -0.2) is 0 Å². The lowest BCUT2D eigenvalue weighted by Gasteiger charge is -2.43. The van der Waals surface area contributed by atoms with E-state index in [1.807, 2.05) is 7.05 Å². The van der Waals surface area contributed by atoms with Gasteiger partial charge in [-0.1, -0.05) is 0 Å². The Bertz CT molecular complexity index is 486. The van der Waals surface area contributed by atoms with Crippen molar-refractivity contribution in [3.05, 3.63) is 17.0 Å². The molecule has 0 aromatic carbocycles. The molecular weight excluding hydrogens is 266 g/mol. The van der Waals surface area contributed by atoms with Crippen LogP contribution in [0.15, 0.2) is 0 Å². The van der Waals surface area contributed by atoms with E-state index >= 15 is 0 Å². The summed E-state index contributed by atoms with van der Waals surface area (Å²) in [7, 11) is 1.99. The molecule has 5 heteroatoms. The van der Waals surface area contributed by atoms with Gasteiger partial charge >= 0.3 is 0 Å². The molecule has 118 valence electrons. The number of ether oxygens (including phenoxy) is 2. The van der Waals surface area contributed by atoms with E-state index in [0.717, 1.165) is 57.7 Å². The number of hydrogen-bond acceptors (Lipinski definition) is 4. The first-order chi connectivity index (χ1) is 10.2. The van der Waals surface area contributed by atoms with Gasteiger partial charge in [0.2, 0.25) is 0 Å². The van der Waals surface area contributed by atoms with Crippen LogP contribution in [0.25, 0.3) is 0 Å². The van der Waals surface area contributed by atoms with Gasteiger partial charge in [0.05, 0.1) is 17.3 Å². The third-order valence-corrected chi connectivity index (χ3v) is 5.05. The van der Waals surface area contributed by atoms with Gasteiger partial charge in [0.1, 0.15) is 0 Å². The summed E-state index contributed by atoms with van der Waals surface area (Å²) < 4.78 is 13.9. The van der Waals surface area contributed by atoms with E-state index in [-0.39, 0.29) is 5.60 Å². The van der Waals surface area contributed by atoms with Crippen molar-refractivity contribution in [1.29, 1.82) is 0 Å². The number of hydrogen-bond donors (Lipinski definition) is 1. The molecule has 2 aliphatic heterocycles. The summed E-state index contributed by atoms with van der Waals surface area (Å²) in [6, 6.07) is 0.459. The first kappa shape index (κ1) is 15.0. The molecule has 0 aliphatic carbocycles. The Kier molecular flexibility index (Phi) is 4.33. The zero-order valence-corrected chi connectivity index (χ0v) is 13.4. The van der Waals surface area contributed by atoms with E-state index in [1.54, 1.807) is 0 Å². The second-order valence-electron chi connectivity index (χ2n) is 6.41. The summed E-state index contributed by atoms with van der Waals surface area (Å²) in [5, 5.41) is 8.06. The maximum atomic E-state index is 6.15. The maximum absolute atomic E-state index is 6.15. The minimum absolute atomic E-state index is 0.0244. The first-order valence-electron chi connectivity index (χ1n) is 8.06. The molecule has 0 bridgehead atoms. The Morgan fingerprint density at radius 1 is 1.29 bits per heavy atom. The quantitative estimate of drug-likeness (QED) is 0.927. The normalized spacial score (nSPS) is 25.4. The Hall–Kier alpha value is -0.910. The summed E-state index contributed by atoms with van der Waals surface area (Å²) in [6.07, 6.45) is 4.17. The van der Waals surface area contributed by atoms with Crippen molar-refractivity contribution in [3.8, 4) is 0 Å². The van der Waals surface area contributed by atoms with Crippen molar-refractivity contribution in [2.45, 2.75) is 57.7 Å². The van der Waals surface area contributed by atoms with Gasteiger partial charge in [-0.3, -0.25) is 4.68 Å². The fourth-order valence-corrected chi connectivity index (χ4v) is 3.79. The Labute approximate surface area is 127 Å². The molecule has 21 heavy (non-hydrogen) atoms. The molecular formula is C16H27N3O2. The predicted molar refractivity (Wildman–Crippen MR) is 81.5 cm³/mol.